The van der Waals surface area contributed by atoms with Crippen molar-refractivity contribution in [2.24, 2.45) is 24.6 Å². The second-order valence-electron chi connectivity index (χ2n) is 9.60. The van der Waals surface area contributed by atoms with Gasteiger partial charge in [0.05, 0.1) is 5.69 Å². The number of aromatic amines is 1. The van der Waals surface area contributed by atoms with E-state index in [9.17, 15) is 19.8 Å². The molecule has 1 aliphatic carbocycles. The second kappa shape index (κ2) is 8.04. The Morgan fingerprint density at radius 3 is 2.55 bits per heavy atom. The number of aromatic hydroxyl groups is 1. The van der Waals surface area contributed by atoms with Crippen molar-refractivity contribution >= 4 is 16.9 Å². The maximum Gasteiger partial charge on any atom is 0.345 e. The number of likely N-dealkylation sites (tertiary alicyclic amines) is 1. The standard InChI is InChI=1S/C25H30N4O4/c1-3-19-22(27-24(31)21(23(19)30)25(32)33)13-4-5-20-14(6-13)9-18(28(20)2)12-29-10-15-7-17(26)8-16(15)11-29/h4-6,9,15-17H,3,7-8,10-12,26H2,1-2H3,(H,32,33)(H2,27,30,31)/t15-,16+,17+. The molecule has 8 heteroatoms. The number of aromatic carboxylic acids is 1. The Labute approximate surface area is 191 Å². The predicted octanol–water partition coefficient (Wildman–Crippen LogP) is 2.67. The molecule has 0 bridgehead atoms. The molecule has 1 saturated heterocycles. The first-order valence-corrected chi connectivity index (χ1v) is 11.5. The van der Waals surface area contributed by atoms with Crippen molar-refractivity contribution in [2.75, 3.05) is 13.1 Å². The lowest BCUT2D eigenvalue weighted by molar-refractivity contribution is 0.0691. The van der Waals surface area contributed by atoms with Crippen LogP contribution in [0.1, 0.15) is 41.4 Å². The van der Waals surface area contributed by atoms with Gasteiger partial charge in [-0.1, -0.05) is 13.0 Å². The fraction of sp³-hybridized carbons (Fsp3) is 0.440. The van der Waals surface area contributed by atoms with Crippen molar-refractivity contribution in [2.45, 2.75) is 38.8 Å². The Balaban J connectivity index is 1.48. The van der Waals surface area contributed by atoms with Gasteiger partial charge in [0.15, 0.2) is 5.56 Å². The largest absolute Gasteiger partial charge is 0.506 e. The molecule has 2 fully saturated rings. The van der Waals surface area contributed by atoms with Crippen LogP contribution in [0.3, 0.4) is 0 Å². The molecule has 174 valence electrons. The van der Waals surface area contributed by atoms with Crippen LogP contribution >= 0.6 is 0 Å². The summed E-state index contributed by atoms with van der Waals surface area (Å²) in [5.74, 6) is -0.470. The molecule has 1 saturated carbocycles. The first-order valence-electron chi connectivity index (χ1n) is 11.5. The maximum atomic E-state index is 12.3. The molecule has 0 amide bonds. The lowest BCUT2D eigenvalue weighted by Crippen LogP contribution is -2.25. The van der Waals surface area contributed by atoms with E-state index in [0.717, 1.165) is 48.9 Å². The summed E-state index contributed by atoms with van der Waals surface area (Å²) in [6.45, 7) is 4.90. The Hall–Kier alpha value is -3.10. The molecule has 3 aromatic rings. The van der Waals surface area contributed by atoms with E-state index in [1.807, 2.05) is 25.1 Å². The number of carboxylic acid groups (broad SMARTS) is 1. The lowest BCUT2D eigenvalue weighted by atomic mass is 9.99. The Morgan fingerprint density at radius 2 is 1.91 bits per heavy atom. The van der Waals surface area contributed by atoms with Crippen molar-refractivity contribution in [3.63, 3.8) is 0 Å². The van der Waals surface area contributed by atoms with Crippen LogP contribution in [0.5, 0.6) is 5.75 Å². The number of carbonyl (C=O) groups is 1. The maximum absolute atomic E-state index is 12.3. The normalized spacial score (nSPS) is 22.8. The van der Waals surface area contributed by atoms with Gasteiger partial charge in [-0.05, 0) is 54.9 Å². The number of benzene rings is 1. The number of hydrogen-bond donors (Lipinski definition) is 4. The zero-order valence-corrected chi connectivity index (χ0v) is 19.0. The van der Waals surface area contributed by atoms with Gasteiger partial charge in [-0.25, -0.2) is 4.79 Å². The number of nitrogens with one attached hydrogen (secondary N) is 1. The van der Waals surface area contributed by atoms with Crippen molar-refractivity contribution in [1.29, 1.82) is 0 Å². The van der Waals surface area contributed by atoms with Gasteiger partial charge in [0.2, 0.25) is 0 Å². The highest BCUT2D eigenvalue weighted by molar-refractivity contribution is 5.92. The molecule has 2 aromatic heterocycles. The Bertz CT molecular complexity index is 1290. The number of aromatic nitrogens is 2. The molecule has 5 rings (SSSR count). The van der Waals surface area contributed by atoms with Gasteiger partial charge in [0, 0.05) is 54.9 Å². The summed E-state index contributed by atoms with van der Waals surface area (Å²) in [5.41, 5.74) is 8.64. The van der Waals surface area contributed by atoms with Crippen molar-refractivity contribution in [3.8, 4) is 17.0 Å². The summed E-state index contributed by atoms with van der Waals surface area (Å²) in [6, 6.07) is 8.43. The molecule has 1 aromatic carbocycles. The second-order valence-corrected chi connectivity index (χ2v) is 9.60. The van der Waals surface area contributed by atoms with E-state index in [4.69, 9.17) is 5.73 Å². The van der Waals surface area contributed by atoms with Crippen LogP contribution in [0.25, 0.3) is 22.2 Å². The van der Waals surface area contributed by atoms with Crippen LogP contribution in [0.15, 0.2) is 29.1 Å². The predicted molar refractivity (Wildman–Crippen MR) is 126 cm³/mol. The highest BCUT2D eigenvalue weighted by Gasteiger charge is 2.39. The summed E-state index contributed by atoms with van der Waals surface area (Å²) >= 11 is 0. The van der Waals surface area contributed by atoms with E-state index in [1.54, 1.807) is 0 Å². The third-order valence-corrected chi connectivity index (χ3v) is 7.54. The Kier molecular flexibility index (Phi) is 5.29. The SMILES string of the molecule is CCc1c(-c2ccc3c(c2)cc(CN2C[C@H]4C[C@H](N)C[C@H]4C2)n3C)[nH]c(=O)c(C(=O)O)c1O. The smallest absolute Gasteiger partial charge is 0.345 e. The number of nitrogens with two attached hydrogens (primary N) is 1. The minimum atomic E-state index is -1.44. The van der Waals surface area contributed by atoms with E-state index in [-0.39, 0.29) is 0 Å². The Morgan fingerprint density at radius 1 is 1.21 bits per heavy atom. The van der Waals surface area contributed by atoms with Gasteiger partial charge >= 0.3 is 5.97 Å². The topological polar surface area (TPSA) is 125 Å². The molecule has 0 radical (unpaired) electrons. The summed E-state index contributed by atoms with van der Waals surface area (Å²) in [7, 11) is 2.07. The van der Waals surface area contributed by atoms with Crippen LogP contribution in [0.2, 0.25) is 0 Å². The molecule has 0 spiro atoms. The lowest BCUT2D eigenvalue weighted by Gasteiger charge is -2.18. The molecule has 3 heterocycles. The molecule has 0 unspecified atom stereocenters. The number of hydrogen-bond acceptors (Lipinski definition) is 5. The van der Waals surface area contributed by atoms with Gasteiger partial charge in [-0.3, -0.25) is 9.69 Å². The average Bonchev–Trinajstić information content (AvgIpc) is 3.38. The molecule has 1 aliphatic heterocycles. The first kappa shape index (κ1) is 21.7. The highest BCUT2D eigenvalue weighted by atomic mass is 16.4. The monoisotopic (exact) mass is 450 g/mol. The zero-order valence-electron chi connectivity index (χ0n) is 19.0. The van der Waals surface area contributed by atoms with Crippen LogP contribution in [-0.2, 0) is 20.0 Å². The average molecular weight is 451 g/mol. The molecule has 3 atom stereocenters. The fourth-order valence-electron chi connectivity index (χ4n) is 5.93. The number of aryl methyl sites for hydroxylation is 1. The third-order valence-electron chi connectivity index (χ3n) is 7.54. The molecular weight excluding hydrogens is 420 g/mol. The van der Waals surface area contributed by atoms with Crippen LogP contribution in [0, 0.1) is 11.8 Å². The first-order chi connectivity index (χ1) is 15.8. The summed E-state index contributed by atoms with van der Waals surface area (Å²) in [6.07, 6.45) is 2.65. The quantitative estimate of drug-likeness (QED) is 0.474. The van der Waals surface area contributed by atoms with Crippen molar-refractivity contribution < 1.29 is 15.0 Å². The molecule has 8 nitrogen and oxygen atoms in total. The zero-order chi connectivity index (χ0) is 23.4. The van der Waals surface area contributed by atoms with E-state index in [2.05, 4.69) is 27.6 Å². The van der Waals surface area contributed by atoms with Gasteiger partial charge in [-0.15, -0.1) is 0 Å². The van der Waals surface area contributed by atoms with Crippen LogP contribution in [0.4, 0.5) is 0 Å². The third kappa shape index (κ3) is 3.63. The molecule has 2 aliphatic rings. The van der Waals surface area contributed by atoms with Gasteiger partial charge < -0.3 is 25.5 Å². The minimum Gasteiger partial charge on any atom is -0.506 e. The van der Waals surface area contributed by atoms with E-state index in [0.29, 0.717) is 35.6 Å². The summed E-state index contributed by atoms with van der Waals surface area (Å²) in [5, 5.41) is 20.8. The fourth-order valence-corrected chi connectivity index (χ4v) is 5.93. The van der Waals surface area contributed by atoms with E-state index >= 15 is 0 Å². The van der Waals surface area contributed by atoms with E-state index in [1.165, 1.54) is 5.69 Å². The molecule has 5 N–H and O–H groups in total. The van der Waals surface area contributed by atoms with Gasteiger partial charge in [-0.2, -0.15) is 0 Å². The number of nitrogens with zero attached hydrogens (tertiary/aromatic N) is 2. The van der Waals surface area contributed by atoms with Gasteiger partial charge in [0.1, 0.15) is 5.75 Å². The van der Waals surface area contributed by atoms with Crippen LogP contribution < -0.4 is 11.3 Å². The van der Waals surface area contributed by atoms with Crippen LogP contribution in [-0.4, -0.2) is 49.8 Å². The highest BCUT2D eigenvalue weighted by Crippen LogP contribution is 2.38. The minimum absolute atomic E-state index is 0.363. The molecule has 33 heavy (non-hydrogen) atoms. The number of rotatable bonds is 5. The number of H-pyrrole nitrogens is 1. The van der Waals surface area contributed by atoms with Crippen molar-refractivity contribution in [1.82, 2.24) is 14.5 Å². The van der Waals surface area contributed by atoms with Crippen molar-refractivity contribution in [3.05, 3.63) is 51.4 Å². The summed E-state index contributed by atoms with van der Waals surface area (Å²) in [4.78, 5) is 29.0. The summed E-state index contributed by atoms with van der Waals surface area (Å²) < 4.78 is 2.20. The number of carboxylic acids is 1. The van der Waals surface area contributed by atoms with E-state index < -0.39 is 22.8 Å². The van der Waals surface area contributed by atoms with Gasteiger partial charge in [0.25, 0.3) is 5.56 Å². The molecular formula is C25H30N4O4. The number of pyridine rings is 1. The number of fused-ring (bicyclic) bond motifs is 2.